The van der Waals surface area contributed by atoms with Crippen molar-refractivity contribution < 1.29 is 13.2 Å². The quantitative estimate of drug-likeness (QED) is 0.697. The Morgan fingerprint density at radius 3 is 2.41 bits per heavy atom. The van der Waals surface area contributed by atoms with Crippen LogP contribution in [0.4, 0.5) is 13.2 Å². The fourth-order valence-corrected chi connectivity index (χ4v) is 2.35. The summed E-state index contributed by atoms with van der Waals surface area (Å²) in [6, 6.07) is 2.83. The zero-order valence-electron chi connectivity index (χ0n) is 9.82. The lowest BCUT2D eigenvalue weighted by Crippen LogP contribution is -2.03. The van der Waals surface area contributed by atoms with Crippen molar-refractivity contribution in [2.24, 2.45) is 0 Å². The second-order valence-corrected chi connectivity index (χ2v) is 4.50. The molecule has 0 unspecified atom stereocenters. The van der Waals surface area contributed by atoms with Crippen LogP contribution in [0.2, 0.25) is 0 Å². The third-order valence-electron chi connectivity index (χ3n) is 3.38. The lowest BCUT2D eigenvalue weighted by Gasteiger charge is -2.19. The fraction of sp³-hybridized carbons (Fsp3) is 0.429. The van der Waals surface area contributed by atoms with Gasteiger partial charge in [0.25, 0.3) is 0 Å². The highest BCUT2D eigenvalue weighted by Gasteiger charge is 2.19. The molecule has 0 fully saturated rings. The first-order valence-electron chi connectivity index (χ1n) is 5.87. The minimum atomic E-state index is -1.05. The van der Waals surface area contributed by atoms with Gasteiger partial charge in [0, 0.05) is 11.1 Å². The molecule has 0 heterocycles. The van der Waals surface area contributed by atoms with Crippen LogP contribution in [-0.2, 0) is 6.67 Å². The molecule has 0 aliphatic heterocycles. The van der Waals surface area contributed by atoms with Gasteiger partial charge in [-0.25, -0.2) is 13.2 Å². The molecule has 1 aliphatic carbocycles. The Morgan fingerprint density at radius 1 is 1.06 bits per heavy atom. The van der Waals surface area contributed by atoms with E-state index in [1.807, 2.05) is 6.92 Å². The molecule has 0 atom stereocenters. The maximum atomic E-state index is 13.8. The fourth-order valence-electron chi connectivity index (χ4n) is 2.35. The first-order valence-corrected chi connectivity index (χ1v) is 5.87. The molecule has 17 heavy (non-hydrogen) atoms. The highest BCUT2D eigenvalue weighted by molar-refractivity contribution is 5.69. The van der Waals surface area contributed by atoms with Gasteiger partial charge in [-0.05, 0) is 38.2 Å². The summed E-state index contributed by atoms with van der Waals surface area (Å²) in [5.74, 6) is -1.95. The highest BCUT2D eigenvalue weighted by Crippen LogP contribution is 2.34. The minimum absolute atomic E-state index is 0.208. The average Bonchev–Trinajstić information content (AvgIpc) is 2.34. The van der Waals surface area contributed by atoms with Gasteiger partial charge in [0.15, 0.2) is 11.6 Å². The third kappa shape index (κ3) is 2.24. The van der Waals surface area contributed by atoms with Crippen molar-refractivity contribution in [2.75, 3.05) is 0 Å². The van der Waals surface area contributed by atoms with E-state index in [4.69, 9.17) is 0 Å². The zero-order valence-corrected chi connectivity index (χ0v) is 9.82. The van der Waals surface area contributed by atoms with E-state index in [2.05, 4.69) is 0 Å². The maximum Gasteiger partial charge on any atom is 0.166 e. The van der Waals surface area contributed by atoms with E-state index >= 15 is 0 Å². The van der Waals surface area contributed by atoms with Crippen molar-refractivity contribution >= 4 is 5.57 Å². The molecule has 0 saturated heterocycles. The summed E-state index contributed by atoms with van der Waals surface area (Å²) >= 11 is 0. The smallest absolute Gasteiger partial charge is 0.166 e. The third-order valence-corrected chi connectivity index (χ3v) is 3.38. The van der Waals surface area contributed by atoms with Gasteiger partial charge >= 0.3 is 0 Å². The van der Waals surface area contributed by atoms with E-state index in [1.165, 1.54) is 12.1 Å². The van der Waals surface area contributed by atoms with Crippen molar-refractivity contribution in [1.82, 2.24) is 0 Å². The molecular formula is C14H15F3. The highest BCUT2D eigenvalue weighted by atomic mass is 19.2. The maximum absolute atomic E-state index is 13.8. The van der Waals surface area contributed by atoms with Crippen molar-refractivity contribution in [2.45, 2.75) is 39.3 Å². The standard InChI is InChI=1S/C14H15F3/c1-9-4-2-3-5-11(9)12-7-6-10(8-15)13(16)14(12)17/h6-7H,2-5,8H2,1H3. The first kappa shape index (κ1) is 12.2. The Balaban J connectivity index is 2.50. The molecule has 1 aromatic rings. The lowest BCUT2D eigenvalue weighted by atomic mass is 9.87. The van der Waals surface area contributed by atoms with Gasteiger partial charge in [-0.3, -0.25) is 0 Å². The molecule has 0 saturated carbocycles. The van der Waals surface area contributed by atoms with Crippen LogP contribution in [0.1, 0.15) is 43.7 Å². The normalized spacial score (nSPS) is 16.5. The van der Waals surface area contributed by atoms with Crippen LogP contribution >= 0.6 is 0 Å². The van der Waals surface area contributed by atoms with E-state index in [-0.39, 0.29) is 5.56 Å². The molecule has 0 N–H and O–H groups in total. The Bertz CT molecular complexity index is 461. The van der Waals surface area contributed by atoms with Crippen molar-refractivity contribution in [1.29, 1.82) is 0 Å². The van der Waals surface area contributed by atoms with Gasteiger partial charge in [0.1, 0.15) is 6.67 Å². The van der Waals surface area contributed by atoms with Crippen molar-refractivity contribution in [3.05, 3.63) is 40.5 Å². The molecule has 92 valence electrons. The second-order valence-electron chi connectivity index (χ2n) is 4.50. The second kappa shape index (κ2) is 4.94. The molecule has 0 bridgehead atoms. The number of allylic oxidation sites excluding steroid dienone is 2. The van der Waals surface area contributed by atoms with E-state index in [1.54, 1.807) is 0 Å². The average molecular weight is 240 g/mol. The molecule has 1 aromatic carbocycles. The number of alkyl halides is 1. The van der Waals surface area contributed by atoms with Crippen molar-refractivity contribution in [3.8, 4) is 0 Å². The molecule has 0 amide bonds. The number of halogens is 3. The van der Waals surface area contributed by atoms with Crippen LogP contribution in [0.5, 0.6) is 0 Å². The minimum Gasteiger partial charge on any atom is -0.246 e. The number of hydrogen-bond acceptors (Lipinski definition) is 0. The molecule has 2 rings (SSSR count). The predicted molar refractivity (Wildman–Crippen MR) is 62.2 cm³/mol. The van der Waals surface area contributed by atoms with Gasteiger partial charge in [-0.15, -0.1) is 0 Å². The van der Waals surface area contributed by atoms with Crippen LogP contribution in [0.3, 0.4) is 0 Å². The molecule has 0 spiro atoms. The lowest BCUT2D eigenvalue weighted by molar-refractivity contribution is 0.440. The summed E-state index contributed by atoms with van der Waals surface area (Å²) in [7, 11) is 0. The monoisotopic (exact) mass is 240 g/mol. The molecule has 0 aromatic heterocycles. The summed E-state index contributed by atoms with van der Waals surface area (Å²) in [4.78, 5) is 0. The van der Waals surface area contributed by atoms with E-state index < -0.39 is 18.3 Å². The van der Waals surface area contributed by atoms with Crippen LogP contribution in [0.15, 0.2) is 17.7 Å². The molecule has 0 radical (unpaired) electrons. The Hall–Kier alpha value is -1.25. The zero-order chi connectivity index (χ0) is 12.4. The topological polar surface area (TPSA) is 0 Å². The molecule has 0 nitrogen and oxygen atoms in total. The Morgan fingerprint density at radius 2 is 1.76 bits per heavy atom. The van der Waals surface area contributed by atoms with Gasteiger partial charge in [-0.1, -0.05) is 17.7 Å². The van der Waals surface area contributed by atoms with E-state index in [0.29, 0.717) is 5.56 Å². The van der Waals surface area contributed by atoms with E-state index in [0.717, 1.165) is 36.8 Å². The predicted octanol–water partition coefficient (Wildman–Crippen LogP) is 4.78. The van der Waals surface area contributed by atoms with Crippen LogP contribution in [0, 0.1) is 11.6 Å². The Labute approximate surface area is 99.2 Å². The number of rotatable bonds is 2. The van der Waals surface area contributed by atoms with Gasteiger partial charge in [-0.2, -0.15) is 0 Å². The molecule has 3 heteroatoms. The van der Waals surface area contributed by atoms with E-state index in [9.17, 15) is 13.2 Å². The van der Waals surface area contributed by atoms with Gasteiger partial charge < -0.3 is 0 Å². The number of hydrogen-bond donors (Lipinski definition) is 0. The summed E-state index contributed by atoms with van der Waals surface area (Å²) in [6.45, 7) is 0.982. The van der Waals surface area contributed by atoms with Crippen molar-refractivity contribution in [3.63, 3.8) is 0 Å². The van der Waals surface area contributed by atoms with Gasteiger partial charge in [0.2, 0.25) is 0 Å². The molecular weight excluding hydrogens is 225 g/mol. The summed E-state index contributed by atoms with van der Waals surface area (Å²) < 4.78 is 39.7. The summed E-state index contributed by atoms with van der Waals surface area (Å²) in [5.41, 5.74) is 2.10. The van der Waals surface area contributed by atoms with Gasteiger partial charge in [0.05, 0.1) is 0 Å². The van der Waals surface area contributed by atoms with Crippen LogP contribution in [0.25, 0.3) is 5.57 Å². The first-order chi connectivity index (χ1) is 8.15. The summed E-state index contributed by atoms with van der Waals surface area (Å²) in [5, 5.41) is 0. The van der Waals surface area contributed by atoms with Crippen LogP contribution in [-0.4, -0.2) is 0 Å². The molecule has 1 aliphatic rings. The summed E-state index contributed by atoms with van der Waals surface area (Å²) in [6.07, 6.45) is 3.80. The Kier molecular flexibility index (Phi) is 3.55. The van der Waals surface area contributed by atoms with Crippen LogP contribution < -0.4 is 0 Å². The largest absolute Gasteiger partial charge is 0.246 e. The SMILES string of the molecule is CC1=C(c2ccc(CF)c(F)c2F)CCCC1. The number of benzene rings is 1.